The van der Waals surface area contributed by atoms with Crippen LogP contribution in [-0.4, -0.2) is 21.6 Å². The Morgan fingerprint density at radius 3 is 1.24 bits per heavy atom. The summed E-state index contributed by atoms with van der Waals surface area (Å²) in [6, 6.07) is 18.2. The summed E-state index contributed by atoms with van der Waals surface area (Å²) in [5.74, 6) is 0. The van der Waals surface area contributed by atoms with E-state index in [1.165, 1.54) is 22.3 Å². The highest BCUT2D eigenvalue weighted by atomic mass is 35.6. The van der Waals surface area contributed by atoms with Gasteiger partial charge in [0.25, 0.3) is 0 Å². The van der Waals surface area contributed by atoms with Gasteiger partial charge in [0.2, 0.25) is 0 Å². The topological polar surface area (TPSA) is 0 Å². The zero-order chi connectivity index (χ0) is 22.0. The van der Waals surface area contributed by atoms with Crippen molar-refractivity contribution in [1.82, 2.24) is 0 Å². The second kappa shape index (κ2) is 6.95. The Kier molecular flexibility index (Phi) is 5.52. The van der Waals surface area contributed by atoms with Gasteiger partial charge in [-0.05, 0) is 32.3 Å². The molecule has 0 radical (unpaired) electrons. The summed E-state index contributed by atoms with van der Waals surface area (Å²) < 4.78 is 0. The number of hydrogen-bond donors (Lipinski definition) is 0. The van der Waals surface area contributed by atoms with Gasteiger partial charge >= 0.3 is 0 Å². The van der Waals surface area contributed by atoms with Gasteiger partial charge in [-0.25, -0.2) is 0 Å². The number of hydrogen-bond acceptors (Lipinski definition) is 0. The number of fused-ring (bicyclic) bond motifs is 3. The Hall–Kier alpha value is -0.619. The van der Waals surface area contributed by atoms with Crippen LogP contribution in [0.3, 0.4) is 0 Å². The van der Waals surface area contributed by atoms with Crippen LogP contribution in [0.1, 0.15) is 58.2 Å². The van der Waals surface area contributed by atoms with Crippen LogP contribution in [0.2, 0.25) is 36.3 Å². The average molecular weight is 459 g/mol. The summed E-state index contributed by atoms with van der Waals surface area (Å²) in [7, 11) is -3.68. The zero-order valence-corrected chi connectivity index (χ0v) is 23.8. The van der Waals surface area contributed by atoms with E-state index in [-0.39, 0.29) is 10.1 Å². The van der Waals surface area contributed by atoms with Crippen LogP contribution < -0.4 is 0 Å². The quantitative estimate of drug-likeness (QED) is 0.318. The van der Waals surface area contributed by atoms with Crippen LogP contribution in [0.25, 0.3) is 11.1 Å². The minimum atomic E-state index is -2.29. The van der Waals surface area contributed by atoms with Gasteiger partial charge in [-0.3, -0.25) is 0 Å². The highest BCUT2D eigenvalue weighted by Gasteiger charge is 2.69. The lowest BCUT2D eigenvalue weighted by Crippen LogP contribution is -2.78. The summed E-state index contributed by atoms with van der Waals surface area (Å²) in [4.78, 5) is 0. The van der Waals surface area contributed by atoms with Gasteiger partial charge < -0.3 is 0 Å². The maximum Gasteiger partial charge on any atom is 0.150 e. The van der Waals surface area contributed by atoms with Gasteiger partial charge in [0, 0.05) is 5.54 Å². The van der Waals surface area contributed by atoms with Crippen molar-refractivity contribution in [2.24, 2.45) is 0 Å². The monoisotopic (exact) mass is 458 g/mol. The van der Waals surface area contributed by atoms with E-state index in [1.807, 2.05) is 0 Å². The molecule has 2 aromatic rings. The third-order valence-corrected chi connectivity index (χ3v) is 58.9. The van der Waals surface area contributed by atoms with Gasteiger partial charge in [0.1, 0.15) is 0 Å². The summed E-state index contributed by atoms with van der Waals surface area (Å²) in [6.45, 7) is 25.3. The fourth-order valence-electron chi connectivity index (χ4n) is 5.18. The maximum atomic E-state index is 8.42. The normalized spacial score (nSPS) is 16.0. The lowest BCUT2D eigenvalue weighted by atomic mass is 10.1. The van der Waals surface area contributed by atoms with Crippen molar-refractivity contribution in [3.05, 3.63) is 59.7 Å². The SMILES string of the molecule is CC(C)(C)[Si](C)(C)[Si](Cl)(C1c2ccccc2-c2ccccc21)[Si](C)(C)C(C)(C)C. The highest BCUT2D eigenvalue weighted by molar-refractivity contribution is 7.84. The standard InChI is InChI=1S/C25H39ClSi3/c1-24(2,3)27(7,8)29(26,28(9,10)25(4,5)6)23-21-17-13-11-15-19(21)20-16-12-14-18-22(20)23/h11-18,23H,1-10H3. The van der Waals surface area contributed by atoms with E-state index in [1.54, 1.807) is 0 Å². The smallest absolute Gasteiger partial charge is 0.150 e. The second-order valence-electron chi connectivity index (χ2n) is 12.1. The molecular weight excluding hydrogens is 420 g/mol. The Morgan fingerprint density at radius 2 is 0.931 bits per heavy atom. The lowest BCUT2D eigenvalue weighted by molar-refractivity contribution is 0.724. The largest absolute Gasteiger partial charge is 0.173 e. The van der Waals surface area contributed by atoms with Crippen molar-refractivity contribution in [1.29, 1.82) is 0 Å². The van der Waals surface area contributed by atoms with E-state index in [4.69, 9.17) is 11.1 Å². The zero-order valence-electron chi connectivity index (χ0n) is 20.1. The number of rotatable bonds is 3. The summed E-state index contributed by atoms with van der Waals surface area (Å²) in [5, 5.41) is 0.534. The molecule has 0 aliphatic heterocycles. The fourth-order valence-corrected chi connectivity index (χ4v) is 55.8. The van der Waals surface area contributed by atoms with Crippen LogP contribution in [0.15, 0.2) is 48.5 Å². The predicted octanol–water partition coefficient (Wildman–Crippen LogP) is 8.70. The van der Waals surface area contributed by atoms with Gasteiger partial charge in [-0.1, -0.05) is 116 Å². The first-order valence-corrected chi connectivity index (χ1v) is 22.0. The van der Waals surface area contributed by atoms with Crippen molar-refractivity contribution < 1.29 is 0 Å². The van der Waals surface area contributed by atoms with E-state index in [2.05, 4.69) is 116 Å². The molecule has 0 saturated heterocycles. The first-order chi connectivity index (χ1) is 13.1. The summed E-state index contributed by atoms with van der Waals surface area (Å²) >= 11 is 8.42. The van der Waals surface area contributed by atoms with Crippen LogP contribution >= 0.6 is 11.1 Å². The van der Waals surface area contributed by atoms with Crippen LogP contribution in [0.5, 0.6) is 0 Å². The molecule has 0 atom stereocenters. The summed E-state index contributed by atoms with van der Waals surface area (Å²) in [6.07, 6.45) is -2.29. The van der Waals surface area contributed by atoms with E-state index in [0.29, 0.717) is 5.54 Å². The Labute approximate surface area is 186 Å². The van der Waals surface area contributed by atoms with Gasteiger partial charge in [-0.2, -0.15) is 11.1 Å². The first-order valence-electron chi connectivity index (χ1n) is 11.0. The molecule has 0 heterocycles. The predicted molar refractivity (Wildman–Crippen MR) is 140 cm³/mol. The second-order valence-corrected chi connectivity index (χ2v) is 41.0. The van der Waals surface area contributed by atoms with Crippen molar-refractivity contribution in [2.75, 3.05) is 0 Å². The van der Waals surface area contributed by atoms with E-state index in [0.717, 1.165) is 0 Å². The number of benzene rings is 2. The fraction of sp³-hybridized carbons (Fsp3) is 0.520. The molecule has 0 bridgehead atoms. The molecule has 0 N–H and O–H groups in total. The van der Waals surface area contributed by atoms with Crippen LogP contribution in [0, 0.1) is 0 Å². The van der Waals surface area contributed by atoms with Crippen LogP contribution in [0.4, 0.5) is 0 Å². The molecular formula is C25H39ClSi3. The molecule has 29 heavy (non-hydrogen) atoms. The minimum absolute atomic E-state index is 0.267. The van der Waals surface area contributed by atoms with Gasteiger partial charge in [0.05, 0.1) is 15.2 Å². The Bertz CT molecular complexity index is 845. The highest BCUT2D eigenvalue weighted by Crippen LogP contribution is 2.62. The molecule has 1 aliphatic rings. The van der Waals surface area contributed by atoms with Crippen molar-refractivity contribution >= 4 is 32.7 Å². The molecule has 158 valence electrons. The minimum Gasteiger partial charge on any atom is -0.173 e. The molecule has 0 spiro atoms. The Morgan fingerprint density at radius 1 is 0.621 bits per heavy atom. The van der Waals surface area contributed by atoms with Crippen molar-refractivity contribution in [3.8, 4) is 11.1 Å². The first kappa shape index (κ1) is 23.1. The average Bonchev–Trinajstić information content (AvgIpc) is 2.93. The molecule has 0 nitrogen and oxygen atoms in total. The molecule has 0 amide bonds. The molecule has 0 fully saturated rings. The Balaban J connectivity index is 2.44. The van der Waals surface area contributed by atoms with E-state index in [9.17, 15) is 0 Å². The van der Waals surface area contributed by atoms with Gasteiger partial charge in [-0.15, -0.1) is 0 Å². The molecule has 0 saturated carbocycles. The molecule has 1 aliphatic carbocycles. The van der Waals surface area contributed by atoms with Crippen LogP contribution in [-0.2, 0) is 0 Å². The van der Waals surface area contributed by atoms with Gasteiger partial charge in [0.15, 0.2) is 6.42 Å². The van der Waals surface area contributed by atoms with E-state index >= 15 is 0 Å². The van der Waals surface area contributed by atoms with E-state index < -0.39 is 21.6 Å². The third-order valence-electron chi connectivity index (χ3n) is 8.80. The van der Waals surface area contributed by atoms with Crippen molar-refractivity contribution in [3.63, 3.8) is 0 Å². The molecule has 2 aromatic carbocycles. The summed E-state index contributed by atoms with van der Waals surface area (Å²) in [5.41, 5.74) is 6.25. The molecule has 3 rings (SSSR count). The number of halogens is 1. The molecule has 4 heteroatoms. The molecule has 0 aromatic heterocycles. The molecule has 0 unspecified atom stereocenters. The van der Waals surface area contributed by atoms with Crippen molar-refractivity contribution in [2.45, 2.75) is 83.3 Å². The maximum absolute atomic E-state index is 8.42. The third kappa shape index (κ3) is 3.10. The lowest BCUT2D eigenvalue weighted by Gasteiger charge is -2.60.